The van der Waals surface area contributed by atoms with Gasteiger partial charge in [0.1, 0.15) is 23.2 Å². The summed E-state index contributed by atoms with van der Waals surface area (Å²) in [5.74, 6) is 1.01. The Morgan fingerprint density at radius 3 is 2.51 bits per heavy atom. The Labute approximate surface area is 231 Å². The van der Waals surface area contributed by atoms with Crippen molar-refractivity contribution < 1.29 is 19.4 Å². The van der Waals surface area contributed by atoms with Gasteiger partial charge in [-0.1, -0.05) is 19.8 Å². The van der Waals surface area contributed by atoms with E-state index >= 15 is 0 Å². The first kappa shape index (κ1) is 25.8. The Hall–Kier alpha value is -3.47. The first-order chi connectivity index (χ1) is 18.5. The summed E-state index contributed by atoms with van der Waals surface area (Å²) in [6, 6.07) is 5.71. The van der Waals surface area contributed by atoms with Crippen molar-refractivity contribution in [2.45, 2.75) is 63.5 Å². The smallest absolute Gasteiger partial charge is 0.405 e. The van der Waals surface area contributed by atoms with Crippen molar-refractivity contribution in [1.29, 1.82) is 0 Å². The SMILES string of the molecule is Cn1nc(-c2cscn2)cc1C(=O)N1C[C@@H]2C(Oc3cc(C(C)(C)NC(=O)O)cc(C4(C)CCCC4)n3)[C@@H]2C1. The van der Waals surface area contributed by atoms with E-state index in [2.05, 4.69) is 22.3 Å². The minimum atomic E-state index is -1.07. The number of thiazole rings is 1. The summed E-state index contributed by atoms with van der Waals surface area (Å²) in [4.78, 5) is 35.9. The molecule has 3 aliphatic rings. The lowest BCUT2D eigenvalue weighted by Crippen LogP contribution is -2.40. The Morgan fingerprint density at radius 2 is 1.87 bits per heavy atom. The number of amides is 2. The second-order valence-corrected chi connectivity index (χ2v) is 12.7. The van der Waals surface area contributed by atoms with Crippen LogP contribution >= 0.6 is 11.3 Å². The highest BCUT2D eigenvalue weighted by Crippen LogP contribution is 2.49. The average molecular weight is 551 g/mol. The molecule has 3 fully saturated rings. The zero-order valence-electron chi connectivity index (χ0n) is 22.7. The number of piperidine rings is 1. The molecule has 0 spiro atoms. The lowest BCUT2D eigenvalue weighted by atomic mass is 9.82. The van der Waals surface area contributed by atoms with Gasteiger partial charge >= 0.3 is 6.09 Å². The number of rotatable bonds is 7. The number of carbonyl (C=O) groups is 2. The van der Waals surface area contributed by atoms with E-state index in [4.69, 9.17) is 9.72 Å². The van der Waals surface area contributed by atoms with Crippen LogP contribution in [0.15, 0.2) is 29.1 Å². The molecular formula is C28H34N6O4S. The highest BCUT2D eigenvalue weighted by atomic mass is 32.1. The van der Waals surface area contributed by atoms with Gasteiger partial charge in [0.25, 0.3) is 5.91 Å². The molecule has 3 aromatic heterocycles. The van der Waals surface area contributed by atoms with Crippen molar-refractivity contribution in [2.24, 2.45) is 18.9 Å². The summed E-state index contributed by atoms with van der Waals surface area (Å²) in [5, 5.41) is 18.4. The maximum atomic E-state index is 13.3. The van der Waals surface area contributed by atoms with E-state index in [0.29, 0.717) is 30.4 Å². The van der Waals surface area contributed by atoms with Gasteiger partial charge in [-0.25, -0.2) is 14.8 Å². The summed E-state index contributed by atoms with van der Waals surface area (Å²) in [7, 11) is 1.79. The zero-order valence-corrected chi connectivity index (χ0v) is 23.5. The number of aryl methyl sites for hydroxylation is 1. The van der Waals surface area contributed by atoms with Gasteiger partial charge in [0.2, 0.25) is 5.88 Å². The molecule has 2 N–H and O–H groups in total. The van der Waals surface area contributed by atoms with E-state index in [1.807, 2.05) is 42.3 Å². The third-order valence-electron chi connectivity index (χ3n) is 8.72. The van der Waals surface area contributed by atoms with E-state index in [1.54, 1.807) is 17.2 Å². The van der Waals surface area contributed by atoms with Gasteiger partial charge in [-0.05, 0) is 44.4 Å². The normalized spacial score (nSPS) is 23.5. The molecule has 0 radical (unpaired) electrons. The number of ether oxygens (including phenoxy) is 1. The number of hydrogen-bond donors (Lipinski definition) is 2. The molecule has 39 heavy (non-hydrogen) atoms. The summed E-state index contributed by atoms with van der Waals surface area (Å²) in [6.45, 7) is 7.20. The second kappa shape index (κ2) is 9.32. The highest BCUT2D eigenvalue weighted by molar-refractivity contribution is 7.07. The number of likely N-dealkylation sites (tertiary alicyclic amines) is 1. The van der Waals surface area contributed by atoms with Crippen LogP contribution in [0.3, 0.4) is 0 Å². The van der Waals surface area contributed by atoms with E-state index < -0.39 is 11.6 Å². The predicted molar refractivity (Wildman–Crippen MR) is 146 cm³/mol. The number of nitrogens with one attached hydrogen (secondary N) is 1. The van der Waals surface area contributed by atoms with Gasteiger partial charge < -0.3 is 20.1 Å². The van der Waals surface area contributed by atoms with Crippen LogP contribution in [0.5, 0.6) is 5.88 Å². The topological polar surface area (TPSA) is 122 Å². The standard InChI is InChI=1S/C28H34N6O4S/c1-27(2,31-26(36)37)16-9-22(28(3)7-5-6-8-28)30-23(10-16)38-24-17-12-34(13-18(17)24)25(35)21-11-19(32-33(21)4)20-14-39-15-29-20/h9-11,14-15,17-18,24,31H,5-8,12-13H2,1-4H3,(H,36,37)/t17-,18+,24?. The Morgan fingerprint density at radius 1 is 1.15 bits per heavy atom. The van der Waals surface area contributed by atoms with Crippen LogP contribution in [-0.4, -0.2) is 60.9 Å². The van der Waals surface area contributed by atoms with Crippen LogP contribution in [0.25, 0.3) is 11.4 Å². The molecule has 206 valence electrons. The monoisotopic (exact) mass is 550 g/mol. The molecule has 3 atom stereocenters. The summed E-state index contributed by atoms with van der Waals surface area (Å²) < 4.78 is 8.07. The third-order valence-corrected chi connectivity index (χ3v) is 9.31. The maximum absolute atomic E-state index is 13.3. The van der Waals surface area contributed by atoms with E-state index in [9.17, 15) is 14.7 Å². The quantitative estimate of drug-likeness (QED) is 0.446. The van der Waals surface area contributed by atoms with Crippen molar-refractivity contribution in [2.75, 3.05) is 13.1 Å². The summed E-state index contributed by atoms with van der Waals surface area (Å²) in [6.07, 6.45) is 3.36. The number of pyridine rings is 1. The lowest BCUT2D eigenvalue weighted by Gasteiger charge is -2.29. The van der Waals surface area contributed by atoms with Gasteiger partial charge in [0, 0.05) is 48.8 Å². The number of hydrogen-bond acceptors (Lipinski definition) is 7. The lowest BCUT2D eigenvalue weighted by molar-refractivity contribution is 0.0740. The molecule has 0 aromatic carbocycles. The summed E-state index contributed by atoms with van der Waals surface area (Å²) >= 11 is 1.50. The molecule has 10 nitrogen and oxygen atoms in total. The Kier molecular flexibility index (Phi) is 6.16. The number of nitrogens with zero attached hydrogens (tertiary/aromatic N) is 5. The van der Waals surface area contributed by atoms with Crippen molar-refractivity contribution in [1.82, 2.24) is 30.0 Å². The van der Waals surface area contributed by atoms with Crippen molar-refractivity contribution in [3.05, 3.63) is 46.0 Å². The highest BCUT2D eigenvalue weighted by Gasteiger charge is 2.59. The number of aromatic nitrogens is 4. The van der Waals surface area contributed by atoms with Gasteiger partial charge in [-0.2, -0.15) is 5.10 Å². The number of fused-ring (bicyclic) bond motifs is 1. The third kappa shape index (κ3) is 4.77. The molecule has 6 rings (SSSR count). The number of carboxylic acid groups (broad SMARTS) is 1. The van der Waals surface area contributed by atoms with Crippen LogP contribution in [-0.2, 0) is 18.0 Å². The van der Waals surface area contributed by atoms with Gasteiger partial charge in [0.05, 0.1) is 16.7 Å². The molecule has 1 unspecified atom stereocenters. The second-order valence-electron chi connectivity index (χ2n) is 11.9. The first-order valence-corrected chi connectivity index (χ1v) is 14.4. The fraction of sp³-hybridized carbons (Fsp3) is 0.536. The van der Waals surface area contributed by atoms with Gasteiger partial charge in [-0.15, -0.1) is 11.3 Å². The largest absolute Gasteiger partial charge is 0.474 e. The van der Waals surface area contributed by atoms with Gasteiger partial charge in [-0.3, -0.25) is 9.48 Å². The fourth-order valence-electron chi connectivity index (χ4n) is 6.23. The Balaban J connectivity index is 1.17. The molecule has 2 aliphatic carbocycles. The minimum absolute atomic E-state index is 0.00585. The molecule has 3 aromatic rings. The fourth-order valence-corrected chi connectivity index (χ4v) is 6.78. The molecule has 2 saturated carbocycles. The molecule has 0 bridgehead atoms. The maximum Gasteiger partial charge on any atom is 0.405 e. The number of carbonyl (C=O) groups excluding carboxylic acids is 1. The molecule has 2 amide bonds. The van der Waals surface area contributed by atoms with Crippen LogP contribution in [0.2, 0.25) is 0 Å². The van der Waals surface area contributed by atoms with E-state index in [-0.39, 0.29) is 29.3 Å². The molecule has 4 heterocycles. The predicted octanol–water partition coefficient (Wildman–Crippen LogP) is 4.42. The van der Waals surface area contributed by atoms with Crippen molar-refractivity contribution in [3.63, 3.8) is 0 Å². The van der Waals surface area contributed by atoms with Crippen molar-refractivity contribution in [3.8, 4) is 17.3 Å². The van der Waals surface area contributed by atoms with Crippen LogP contribution < -0.4 is 10.1 Å². The molecule has 11 heteroatoms. The minimum Gasteiger partial charge on any atom is -0.474 e. The first-order valence-electron chi connectivity index (χ1n) is 13.5. The zero-order chi connectivity index (χ0) is 27.5. The van der Waals surface area contributed by atoms with E-state index in [1.165, 1.54) is 11.3 Å². The molecule has 1 saturated heterocycles. The molecule has 1 aliphatic heterocycles. The van der Waals surface area contributed by atoms with Gasteiger partial charge in [0.15, 0.2) is 0 Å². The Bertz CT molecular complexity index is 1400. The van der Waals surface area contributed by atoms with E-state index in [0.717, 1.165) is 42.6 Å². The van der Waals surface area contributed by atoms with Crippen molar-refractivity contribution >= 4 is 23.3 Å². The summed E-state index contributed by atoms with van der Waals surface area (Å²) in [5.41, 5.74) is 4.74. The van der Waals surface area contributed by atoms with Crippen LogP contribution in [0.1, 0.15) is 68.2 Å². The van der Waals surface area contributed by atoms with Crippen LogP contribution in [0, 0.1) is 11.8 Å². The van der Waals surface area contributed by atoms with Crippen LogP contribution in [0.4, 0.5) is 4.79 Å². The molecular weight excluding hydrogens is 516 g/mol. The average Bonchev–Trinajstić information content (AvgIpc) is 3.51.